The van der Waals surface area contributed by atoms with E-state index in [9.17, 15) is 0 Å². The van der Waals surface area contributed by atoms with Gasteiger partial charge in [0.15, 0.2) is 0 Å². The first-order valence-corrected chi connectivity index (χ1v) is 5.21. The highest BCUT2D eigenvalue weighted by Gasteiger charge is 2.05. The Balaban J connectivity index is 2.78. The molecule has 3 N–H and O–H groups in total. The van der Waals surface area contributed by atoms with Crippen molar-refractivity contribution in [3.8, 4) is 0 Å². The molecule has 1 aromatic rings. The summed E-state index contributed by atoms with van der Waals surface area (Å²) in [6.45, 7) is 4.45. The molecule has 0 amide bonds. The Morgan fingerprint density at radius 2 is 1.71 bits per heavy atom. The third-order valence-electron chi connectivity index (χ3n) is 2.79. The van der Waals surface area contributed by atoms with Gasteiger partial charge < -0.3 is 11.1 Å². The molecule has 0 saturated heterocycles. The summed E-state index contributed by atoms with van der Waals surface area (Å²) in [4.78, 5) is 0. The van der Waals surface area contributed by atoms with E-state index in [-0.39, 0.29) is 6.17 Å². The van der Waals surface area contributed by atoms with E-state index < -0.39 is 0 Å². The quantitative estimate of drug-likeness (QED) is 0.719. The van der Waals surface area contributed by atoms with Crippen molar-refractivity contribution < 1.29 is 0 Å². The maximum Gasteiger partial charge on any atom is 0.0807 e. The molecule has 14 heavy (non-hydrogen) atoms. The minimum atomic E-state index is -0.0546. The largest absolute Gasteiger partial charge is 0.312 e. The Hall–Kier alpha value is -0.860. The van der Waals surface area contributed by atoms with Gasteiger partial charge >= 0.3 is 0 Å². The summed E-state index contributed by atoms with van der Waals surface area (Å²) < 4.78 is 0. The Labute approximate surface area is 86.5 Å². The van der Waals surface area contributed by atoms with Crippen molar-refractivity contribution in [1.29, 1.82) is 0 Å². The van der Waals surface area contributed by atoms with Gasteiger partial charge in [-0.1, -0.05) is 38.1 Å². The monoisotopic (exact) mass is 192 g/mol. The Morgan fingerprint density at radius 3 is 2.14 bits per heavy atom. The van der Waals surface area contributed by atoms with Gasteiger partial charge in [0.25, 0.3) is 0 Å². The lowest BCUT2D eigenvalue weighted by atomic mass is 9.97. The van der Waals surface area contributed by atoms with Crippen molar-refractivity contribution >= 4 is 0 Å². The van der Waals surface area contributed by atoms with Crippen molar-refractivity contribution in [3.05, 3.63) is 35.4 Å². The van der Waals surface area contributed by atoms with E-state index in [0.717, 1.165) is 5.56 Å². The molecule has 0 aliphatic heterocycles. The Morgan fingerprint density at radius 1 is 1.21 bits per heavy atom. The minimum Gasteiger partial charge on any atom is -0.312 e. The molecule has 2 nitrogen and oxygen atoms in total. The predicted molar refractivity (Wildman–Crippen MR) is 61.1 cm³/mol. The zero-order chi connectivity index (χ0) is 10.6. The Kier molecular flexibility index (Phi) is 4.11. The van der Waals surface area contributed by atoms with Crippen LogP contribution in [-0.2, 0) is 0 Å². The van der Waals surface area contributed by atoms with Crippen molar-refractivity contribution in [2.24, 2.45) is 5.73 Å². The molecule has 0 heterocycles. The molecule has 0 bridgehead atoms. The lowest BCUT2D eigenvalue weighted by molar-refractivity contribution is 0.621. The SMILES string of the molecule is CCC(C)c1ccc(C(N)NC)cc1. The fraction of sp³-hybridized carbons (Fsp3) is 0.500. The van der Waals surface area contributed by atoms with E-state index in [2.05, 4.69) is 43.4 Å². The molecular formula is C12H20N2. The average Bonchev–Trinajstić information content (AvgIpc) is 2.27. The number of nitrogens with two attached hydrogens (primary N) is 1. The highest BCUT2D eigenvalue weighted by Crippen LogP contribution is 2.19. The van der Waals surface area contributed by atoms with Gasteiger partial charge in [-0.05, 0) is 30.5 Å². The smallest absolute Gasteiger partial charge is 0.0807 e. The summed E-state index contributed by atoms with van der Waals surface area (Å²) in [5, 5.41) is 3.02. The van der Waals surface area contributed by atoms with Gasteiger partial charge in [0.05, 0.1) is 6.17 Å². The number of benzene rings is 1. The molecule has 0 spiro atoms. The summed E-state index contributed by atoms with van der Waals surface area (Å²) in [5.74, 6) is 0.634. The third kappa shape index (κ3) is 2.56. The Bertz CT molecular complexity index is 237. The van der Waals surface area contributed by atoms with E-state index in [4.69, 9.17) is 5.73 Å². The van der Waals surface area contributed by atoms with E-state index in [1.165, 1.54) is 12.0 Å². The number of hydrogen-bond donors (Lipinski definition) is 2. The van der Waals surface area contributed by atoms with Gasteiger partial charge in [0.1, 0.15) is 0 Å². The van der Waals surface area contributed by atoms with Crippen LogP contribution in [0.25, 0.3) is 0 Å². The van der Waals surface area contributed by atoms with Crippen LogP contribution >= 0.6 is 0 Å². The molecule has 0 aliphatic carbocycles. The third-order valence-corrected chi connectivity index (χ3v) is 2.79. The van der Waals surface area contributed by atoms with Crippen LogP contribution in [0.4, 0.5) is 0 Å². The van der Waals surface area contributed by atoms with Crippen LogP contribution in [0.3, 0.4) is 0 Å². The maximum atomic E-state index is 5.84. The normalized spacial score (nSPS) is 15.1. The second-order valence-corrected chi connectivity index (χ2v) is 3.74. The summed E-state index contributed by atoms with van der Waals surface area (Å²) >= 11 is 0. The molecule has 0 saturated carbocycles. The molecule has 1 rings (SSSR count). The van der Waals surface area contributed by atoms with Gasteiger partial charge in [-0.25, -0.2) is 0 Å². The molecule has 2 unspecified atom stereocenters. The van der Waals surface area contributed by atoms with Crippen molar-refractivity contribution in [3.63, 3.8) is 0 Å². The summed E-state index contributed by atoms with van der Waals surface area (Å²) in [5.41, 5.74) is 8.37. The molecular weight excluding hydrogens is 172 g/mol. The fourth-order valence-corrected chi connectivity index (χ4v) is 1.43. The number of hydrogen-bond acceptors (Lipinski definition) is 2. The van der Waals surface area contributed by atoms with Gasteiger partial charge in [-0.3, -0.25) is 0 Å². The van der Waals surface area contributed by atoms with E-state index in [1.807, 2.05) is 7.05 Å². The second kappa shape index (κ2) is 5.13. The van der Waals surface area contributed by atoms with Crippen LogP contribution < -0.4 is 11.1 Å². The van der Waals surface area contributed by atoms with Crippen molar-refractivity contribution in [2.45, 2.75) is 32.4 Å². The van der Waals surface area contributed by atoms with E-state index in [0.29, 0.717) is 5.92 Å². The van der Waals surface area contributed by atoms with Crippen LogP contribution in [0.15, 0.2) is 24.3 Å². The lowest BCUT2D eigenvalue weighted by Gasteiger charge is -2.13. The molecule has 0 aliphatic rings. The second-order valence-electron chi connectivity index (χ2n) is 3.74. The maximum absolute atomic E-state index is 5.84. The number of rotatable bonds is 4. The zero-order valence-electron chi connectivity index (χ0n) is 9.25. The topological polar surface area (TPSA) is 38.0 Å². The van der Waals surface area contributed by atoms with Crippen LogP contribution in [0, 0.1) is 0 Å². The van der Waals surface area contributed by atoms with Crippen molar-refractivity contribution in [2.75, 3.05) is 7.05 Å². The van der Waals surface area contributed by atoms with E-state index >= 15 is 0 Å². The minimum absolute atomic E-state index is 0.0546. The molecule has 0 fully saturated rings. The van der Waals surface area contributed by atoms with Crippen LogP contribution in [-0.4, -0.2) is 7.05 Å². The summed E-state index contributed by atoms with van der Waals surface area (Å²) in [7, 11) is 1.87. The summed E-state index contributed by atoms with van der Waals surface area (Å²) in [6, 6.07) is 8.53. The molecule has 2 atom stereocenters. The van der Waals surface area contributed by atoms with Gasteiger partial charge in [0, 0.05) is 0 Å². The van der Waals surface area contributed by atoms with Crippen LogP contribution in [0.2, 0.25) is 0 Å². The first-order valence-electron chi connectivity index (χ1n) is 5.21. The van der Waals surface area contributed by atoms with Crippen LogP contribution in [0.1, 0.15) is 43.5 Å². The molecule has 1 aromatic carbocycles. The highest BCUT2D eigenvalue weighted by molar-refractivity contribution is 5.26. The fourth-order valence-electron chi connectivity index (χ4n) is 1.43. The number of nitrogens with one attached hydrogen (secondary N) is 1. The average molecular weight is 192 g/mol. The van der Waals surface area contributed by atoms with Crippen molar-refractivity contribution in [1.82, 2.24) is 5.32 Å². The van der Waals surface area contributed by atoms with Crippen LogP contribution in [0.5, 0.6) is 0 Å². The van der Waals surface area contributed by atoms with Gasteiger partial charge in [0.2, 0.25) is 0 Å². The zero-order valence-corrected chi connectivity index (χ0v) is 9.25. The molecule has 2 heteroatoms. The predicted octanol–water partition coefficient (Wildman–Crippen LogP) is 2.38. The van der Waals surface area contributed by atoms with E-state index in [1.54, 1.807) is 0 Å². The standard InChI is InChI=1S/C12H20N2/c1-4-9(2)10-5-7-11(8-6-10)12(13)14-3/h5-9,12,14H,4,13H2,1-3H3. The molecule has 0 radical (unpaired) electrons. The molecule has 78 valence electrons. The van der Waals surface area contributed by atoms with Gasteiger partial charge in [-0.15, -0.1) is 0 Å². The summed E-state index contributed by atoms with van der Waals surface area (Å²) in [6.07, 6.45) is 1.12. The lowest BCUT2D eigenvalue weighted by Crippen LogP contribution is -2.24. The molecule has 0 aromatic heterocycles. The first kappa shape index (κ1) is 11.2. The van der Waals surface area contributed by atoms with Gasteiger partial charge in [-0.2, -0.15) is 0 Å². The first-order chi connectivity index (χ1) is 6.69. The highest BCUT2D eigenvalue weighted by atomic mass is 15.0.